The molecule has 0 aliphatic carbocycles. The van der Waals surface area contributed by atoms with Crippen molar-refractivity contribution in [3.8, 4) is 16.3 Å². The summed E-state index contributed by atoms with van der Waals surface area (Å²) in [5.74, 6) is -0.426. The number of carbonyl (C=O) groups is 1. The van der Waals surface area contributed by atoms with Gasteiger partial charge in [0, 0.05) is 23.2 Å². The van der Waals surface area contributed by atoms with Crippen LogP contribution in [0.3, 0.4) is 0 Å². The number of benzene rings is 1. The van der Waals surface area contributed by atoms with Crippen LogP contribution in [0.4, 0.5) is 0 Å². The van der Waals surface area contributed by atoms with Gasteiger partial charge in [0.05, 0.1) is 11.7 Å². The van der Waals surface area contributed by atoms with Gasteiger partial charge in [-0.3, -0.25) is 0 Å². The van der Waals surface area contributed by atoms with E-state index in [1.165, 1.54) is 4.88 Å². The van der Waals surface area contributed by atoms with Crippen LogP contribution in [0.5, 0.6) is 5.75 Å². The van der Waals surface area contributed by atoms with Gasteiger partial charge >= 0.3 is 5.97 Å². The molecule has 0 radical (unpaired) electrons. The van der Waals surface area contributed by atoms with E-state index in [-0.39, 0.29) is 11.7 Å². The van der Waals surface area contributed by atoms with Gasteiger partial charge < -0.3 is 14.6 Å². The Morgan fingerprint density at radius 2 is 2.35 bits per heavy atom. The first kappa shape index (κ1) is 16.0. The van der Waals surface area contributed by atoms with E-state index in [4.69, 9.17) is 9.47 Å². The number of hydrogen-bond acceptors (Lipinski definition) is 5. The molecular formula is C17H19NO4S. The lowest BCUT2D eigenvalue weighted by molar-refractivity contribution is 0.0672. The maximum absolute atomic E-state index is 11.4. The standard InChI is InChI=1S/C17H19NO4S/c1-2-15-9-18-16(23-15)11-6-12(17(19)20)8-14(7-11)22-10-13-4-3-5-21-13/h6-9,13H,2-5,10H2,1H3,(H,19,20)/t13-/m1/s1. The molecule has 0 bridgehead atoms. The van der Waals surface area contributed by atoms with Crippen LogP contribution in [-0.4, -0.2) is 35.4 Å². The summed E-state index contributed by atoms with van der Waals surface area (Å²) in [6, 6.07) is 5.04. The number of nitrogens with zero attached hydrogens (tertiary/aromatic N) is 1. The molecule has 1 fully saturated rings. The number of aromatic carboxylic acids is 1. The Bertz CT molecular complexity index is 692. The van der Waals surface area contributed by atoms with Gasteiger partial charge in [0.25, 0.3) is 0 Å². The Hall–Kier alpha value is -1.92. The topological polar surface area (TPSA) is 68.7 Å². The Balaban J connectivity index is 1.84. The molecule has 0 spiro atoms. The van der Waals surface area contributed by atoms with E-state index in [0.717, 1.165) is 36.4 Å². The van der Waals surface area contributed by atoms with Crippen molar-refractivity contribution < 1.29 is 19.4 Å². The summed E-state index contributed by atoms with van der Waals surface area (Å²) in [4.78, 5) is 16.9. The molecule has 0 amide bonds. The van der Waals surface area contributed by atoms with E-state index in [1.54, 1.807) is 23.5 Å². The molecule has 1 N–H and O–H groups in total. The van der Waals surface area contributed by atoms with E-state index in [1.807, 2.05) is 12.3 Å². The highest BCUT2D eigenvalue weighted by molar-refractivity contribution is 7.15. The summed E-state index contributed by atoms with van der Waals surface area (Å²) in [7, 11) is 0. The van der Waals surface area contributed by atoms with Crippen molar-refractivity contribution in [3.63, 3.8) is 0 Å². The number of aromatic nitrogens is 1. The zero-order chi connectivity index (χ0) is 16.2. The second-order valence-electron chi connectivity index (χ2n) is 5.48. The van der Waals surface area contributed by atoms with Crippen LogP contribution < -0.4 is 4.74 Å². The summed E-state index contributed by atoms with van der Waals surface area (Å²) in [5, 5.41) is 10.1. The minimum atomic E-state index is -0.971. The maximum Gasteiger partial charge on any atom is 0.335 e. The molecule has 1 aliphatic heterocycles. The molecule has 1 aliphatic rings. The van der Waals surface area contributed by atoms with Crippen molar-refractivity contribution in [3.05, 3.63) is 34.8 Å². The summed E-state index contributed by atoms with van der Waals surface area (Å²) in [5.41, 5.74) is 0.982. The zero-order valence-electron chi connectivity index (χ0n) is 12.9. The first-order chi connectivity index (χ1) is 11.2. The van der Waals surface area contributed by atoms with Gasteiger partial charge in [0.1, 0.15) is 17.4 Å². The number of ether oxygens (including phenoxy) is 2. The third-order valence-electron chi connectivity index (χ3n) is 3.76. The molecule has 122 valence electrons. The number of carboxylic acids is 1. The largest absolute Gasteiger partial charge is 0.491 e. The summed E-state index contributed by atoms with van der Waals surface area (Å²) in [6.07, 6.45) is 4.88. The predicted octanol–water partition coefficient (Wildman–Crippen LogP) is 3.63. The van der Waals surface area contributed by atoms with E-state index >= 15 is 0 Å². The van der Waals surface area contributed by atoms with Crippen LogP contribution >= 0.6 is 11.3 Å². The minimum Gasteiger partial charge on any atom is -0.491 e. The highest BCUT2D eigenvalue weighted by Crippen LogP contribution is 2.30. The fourth-order valence-corrected chi connectivity index (χ4v) is 3.34. The third-order valence-corrected chi connectivity index (χ3v) is 4.95. The summed E-state index contributed by atoms with van der Waals surface area (Å²) in [6.45, 7) is 3.29. The first-order valence-corrected chi connectivity index (χ1v) is 8.55. The monoisotopic (exact) mass is 333 g/mol. The number of rotatable bonds is 6. The zero-order valence-corrected chi connectivity index (χ0v) is 13.8. The average molecular weight is 333 g/mol. The van der Waals surface area contributed by atoms with Crippen LogP contribution in [0.25, 0.3) is 10.6 Å². The number of carboxylic acid groups (broad SMARTS) is 1. The predicted molar refractivity (Wildman–Crippen MR) is 88.4 cm³/mol. The maximum atomic E-state index is 11.4. The number of thiazole rings is 1. The van der Waals surface area contributed by atoms with E-state index < -0.39 is 5.97 Å². The van der Waals surface area contributed by atoms with Crippen molar-refractivity contribution in [2.75, 3.05) is 13.2 Å². The molecule has 0 saturated carbocycles. The van der Waals surface area contributed by atoms with Gasteiger partial charge in [-0.15, -0.1) is 11.3 Å². The summed E-state index contributed by atoms with van der Waals surface area (Å²) >= 11 is 1.57. The van der Waals surface area contributed by atoms with Crippen LogP contribution in [0.15, 0.2) is 24.4 Å². The SMILES string of the molecule is CCc1cnc(-c2cc(OC[C@H]3CCCO3)cc(C(=O)O)c2)s1. The van der Waals surface area contributed by atoms with Crippen molar-refractivity contribution >= 4 is 17.3 Å². The normalized spacial score (nSPS) is 17.3. The second-order valence-corrected chi connectivity index (χ2v) is 6.60. The van der Waals surface area contributed by atoms with Crippen LogP contribution in [0.1, 0.15) is 35.0 Å². The molecular weight excluding hydrogens is 314 g/mol. The molecule has 3 rings (SSSR count). The van der Waals surface area contributed by atoms with Crippen molar-refractivity contribution in [2.45, 2.75) is 32.3 Å². The number of hydrogen-bond donors (Lipinski definition) is 1. The fourth-order valence-electron chi connectivity index (χ4n) is 2.50. The molecule has 1 atom stereocenters. The Morgan fingerprint density at radius 3 is 3.00 bits per heavy atom. The van der Waals surface area contributed by atoms with Gasteiger partial charge in [0.2, 0.25) is 0 Å². The Labute approximate surface area is 138 Å². The van der Waals surface area contributed by atoms with Crippen LogP contribution in [-0.2, 0) is 11.2 Å². The molecule has 23 heavy (non-hydrogen) atoms. The Kier molecular flexibility index (Phi) is 4.93. The molecule has 1 aromatic carbocycles. The highest BCUT2D eigenvalue weighted by atomic mass is 32.1. The average Bonchev–Trinajstić information content (AvgIpc) is 3.24. The smallest absolute Gasteiger partial charge is 0.335 e. The first-order valence-electron chi connectivity index (χ1n) is 7.73. The van der Waals surface area contributed by atoms with E-state index in [2.05, 4.69) is 11.9 Å². The van der Waals surface area contributed by atoms with Crippen LogP contribution in [0.2, 0.25) is 0 Å². The van der Waals surface area contributed by atoms with Crippen molar-refractivity contribution in [2.24, 2.45) is 0 Å². The second kappa shape index (κ2) is 7.10. The molecule has 2 heterocycles. The van der Waals surface area contributed by atoms with Crippen molar-refractivity contribution in [1.82, 2.24) is 4.98 Å². The minimum absolute atomic E-state index is 0.0958. The molecule has 0 unspecified atom stereocenters. The van der Waals surface area contributed by atoms with E-state index in [9.17, 15) is 9.90 Å². The van der Waals surface area contributed by atoms with Crippen molar-refractivity contribution in [1.29, 1.82) is 0 Å². The van der Waals surface area contributed by atoms with Gasteiger partial charge in [-0.05, 0) is 37.5 Å². The molecule has 5 nitrogen and oxygen atoms in total. The fraction of sp³-hybridized carbons (Fsp3) is 0.412. The molecule has 2 aromatic rings. The molecule has 1 saturated heterocycles. The molecule has 6 heteroatoms. The quantitative estimate of drug-likeness (QED) is 0.874. The van der Waals surface area contributed by atoms with Gasteiger partial charge in [0.15, 0.2) is 0 Å². The highest BCUT2D eigenvalue weighted by Gasteiger charge is 2.17. The lowest BCUT2D eigenvalue weighted by Gasteiger charge is -2.12. The van der Waals surface area contributed by atoms with E-state index in [0.29, 0.717) is 12.4 Å². The van der Waals surface area contributed by atoms with Crippen LogP contribution in [0, 0.1) is 0 Å². The van der Waals surface area contributed by atoms with Gasteiger partial charge in [-0.25, -0.2) is 9.78 Å². The Morgan fingerprint density at radius 1 is 1.48 bits per heavy atom. The van der Waals surface area contributed by atoms with Gasteiger partial charge in [-0.1, -0.05) is 6.92 Å². The summed E-state index contributed by atoms with van der Waals surface area (Å²) < 4.78 is 11.3. The molecule has 1 aromatic heterocycles. The lowest BCUT2D eigenvalue weighted by atomic mass is 10.1. The lowest BCUT2D eigenvalue weighted by Crippen LogP contribution is -2.16. The van der Waals surface area contributed by atoms with Gasteiger partial charge in [-0.2, -0.15) is 0 Å². The third kappa shape index (κ3) is 3.89. The number of aryl methyl sites for hydroxylation is 1.